The molecule has 0 unspecified atom stereocenters. The molecule has 0 amide bonds. The largest absolute Gasteiger partial charge is 0.508 e. The Morgan fingerprint density at radius 1 is 0.909 bits per heavy atom. The molecule has 2 aromatic carbocycles. The summed E-state index contributed by atoms with van der Waals surface area (Å²) in [4.78, 5) is 0. The Balaban J connectivity index is 2.75. The normalized spacial score (nSPS) is 11.4. The Kier molecular flexibility index (Phi) is 5.28. The van der Waals surface area contributed by atoms with E-state index in [1.165, 1.54) is 27.8 Å². The fourth-order valence-corrected chi connectivity index (χ4v) is 3.16. The van der Waals surface area contributed by atoms with Crippen molar-refractivity contribution in [2.75, 3.05) is 0 Å². The molecule has 2 rings (SSSR count). The van der Waals surface area contributed by atoms with Gasteiger partial charge in [-0.25, -0.2) is 0 Å². The molecule has 0 bridgehead atoms. The molecule has 0 saturated carbocycles. The quantitative estimate of drug-likeness (QED) is 0.690. The Morgan fingerprint density at radius 2 is 1.50 bits per heavy atom. The van der Waals surface area contributed by atoms with Gasteiger partial charge in [0.05, 0.1) is 0 Å². The first-order valence-electron chi connectivity index (χ1n) is 8.40. The number of rotatable bonds is 5. The number of aryl methyl sites for hydroxylation is 1. The zero-order valence-corrected chi connectivity index (χ0v) is 14.5. The zero-order valence-electron chi connectivity index (χ0n) is 14.5. The number of aromatic hydroxyl groups is 1. The molecule has 1 nitrogen and oxygen atoms in total. The third-order valence-corrected chi connectivity index (χ3v) is 4.25. The molecule has 0 fully saturated rings. The van der Waals surface area contributed by atoms with Gasteiger partial charge in [0.15, 0.2) is 0 Å². The summed E-state index contributed by atoms with van der Waals surface area (Å²) in [7, 11) is 0. The van der Waals surface area contributed by atoms with Crippen molar-refractivity contribution < 1.29 is 5.11 Å². The fraction of sp³-hybridized carbons (Fsp3) is 0.429. The van der Waals surface area contributed by atoms with Crippen LogP contribution in [0, 0.1) is 0 Å². The third-order valence-electron chi connectivity index (χ3n) is 4.25. The van der Waals surface area contributed by atoms with Gasteiger partial charge in [-0.1, -0.05) is 65.3 Å². The summed E-state index contributed by atoms with van der Waals surface area (Å²) in [6.45, 7) is 11.2. The Labute approximate surface area is 135 Å². The molecule has 0 atom stereocenters. The van der Waals surface area contributed by atoms with E-state index in [0.717, 1.165) is 12.8 Å². The summed E-state index contributed by atoms with van der Waals surface area (Å²) in [5.41, 5.74) is 6.70. The third kappa shape index (κ3) is 3.35. The van der Waals surface area contributed by atoms with E-state index >= 15 is 0 Å². The molecule has 0 saturated heterocycles. The highest BCUT2D eigenvalue weighted by Gasteiger charge is 2.17. The van der Waals surface area contributed by atoms with E-state index in [1.54, 1.807) is 0 Å². The van der Waals surface area contributed by atoms with Crippen LogP contribution < -0.4 is 0 Å². The first kappa shape index (κ1) is 16.6. The maximum Gasteiger partial charge on any atom is 0.115 e. The molecule has 0 spiro atoms. The minimum Gasteiger partial charge on any atom is -0.508 e. The van der Waals surface area contributed by atoms with Gasteiger partial charge in [0.2, 0.25) is 0 Å². The van der Waals surface area contributed by atoms with Crippen molar-refractivity contribution in [2.45, 2.75) is 59.3 Å². The molecule has 0 aliphatic rings. The summed E-state index contributed by atoms with van der Waals surface area (Å²) >= 11 is 0. The van der Waals surface area contributed by atoms with Gasteiger partial charge in [0.25, 0.3) is 0 Å². The van der Waals surface area contributed by atoms with E-state index in [2.05, 4.69) is 58.9 Å². The van der Waals surface area contributed by atoms with Gasteiger partial charge in [-0.15, -0.1) is 0 Å². The van der Waals surface area contributed by atoms with Crippen molar-refractivity contribution >= 4 is 0 Å². The lowest BCUT2D eigenvalue weighted by Gasteiger charge is -2.22. The molecular formula is C21H28O. The molecular weight excluding hydrogens is 268 g/mol. The average molecular weight is 296 g/mol. The SMILES string of the molecule is CCCc1cc(O)ccc1-c1c(C(C)C)cccc1C(C)C. The minimum absolute atomic E-state index is 0.361. The van der Waals surface area contributed by atoms with Gasteiger partial charge in [0, 0.05) is 0 Å². The highest BCUT2D eigenvalue weighted by atomic mass is 16.3. The van der Waals surface area contributed by atoms with Gasteiger partial charge in [-0.05, 0) is 58.2 Å². The average Bonchev–Trinajstić information content (AvgIpc) is 2.47. The predicted molar refractivity (Wildman–Crippen MR) is 95.7 cm³/mol. The number of phenolic OH excluding ortho intramolecular Hbond substituents is 1. The number of hydrogen-bond acceptors (Lipinski definition) is 1. The van der Waals surface area contributed by atoms with Crippen molar-refractivity contribution in [1.29, 1.82) is 0 Å². The fourth-order valence-electron chi connectivity index (χ4n) is 3.16. The number of hydrogen-bond donors (Lipinski definition) is 1. The van der Waals surface area contributed by atoms with E-state index in [1.807, 2.05) is 12.1 Å². The van der Waals surface area contributed by atoms with Gasteiger partial charge in [-0.3, -0.25) is 0 Å². The second kappa shape index (κ2) is 7.00. The molecule has 22 heavy (non-hydrogen) atoms. The Bertz CT molecular complexity index is 612. The second-order valence-corrected chi connectivity index (χ2v) is 6.71. The summed E-state index contributed by atoms with van der Waals surface area (Å²) in [6.07, 6.45) is 2.07. The molecule has 0 aromatic heterocycles. The smallest absolute Gasteiger partial charge is 0.115 e. The first-order chi connectivity index (χ1) is 10.5. The molecule has 1 N–H and O–H groups in total. The predicted octanol–water partition coefficient (Wildman–Crippen LogP) is 6.26. The molecule has 0 heterocycles. The van der Waals surface area contributed by atoms with Crippen LogP contribution in [0.3, 0.4) is 0 Å². The lowest BCUT2D eigenvalue weighted by molar-refractivity contribution is 0.474. The number of benzene rings is 2. The van der Waals surface area contributed by atoms with Crippen molar-refractivity contribution in [1.82, 2.24) is 0 Å². The molecule has 118 valence electrons. The highest BCUT2D eigenvalue weighted by Crippen LogP contribution is 2.39. The van der Waals surface area contributed by atoms with Crippen molar-refractivity contribution in [3.05, 3.63) is 53.1 Å². The maximum absolute atomic E-state index is 9.87. The zero-order chi connectivity index (χ0) is 16.3. The van der Waals surface area contributed by atoms with Crippen LogP contribution in [0.1, 0.15) is 69.6 Å². The lowest BCUT2D eigenvalue weighted by Crippen LogP contribution is -2.02. The van der Waals surface area contributed by atoms with Crippen molar-refractivity contribution in [2.24, 2.45) is 0 Å². The van der Waals surface area contributed by atoms with Crippen LogP contribution in [-0.2, 0) is 6.42 Å². The van der Waals surface area contributed by atoms with Crippen LogP contribution in [0.15, 0.2) is 36.4 Å². The highest BCUT2D eigenvalue weighted by molar-refractivity contribution is 5.76. The first-order valence-corrected chi connectivity index (χ1v) is 8.40. The van der Waals surface area contributed by atoms with Gasteiger partial charge in [0.1, 0.15) is 5.75 Å². The van der Waals surface area contributed by atoms with Crippen molar-refractivity contribution in [3.63, 3.8) is 0 Å². The van der Waals surface area contributed by atoms with Crippen LogP contribution in [0.2, 0.25) is 0 Å². The lowest BCUT2D eigenvalue weighted by atomic mass is 9.83. The van der Waals surface area contributed by atoms with Gasteiger partial charge < -0.3 is 5.11 Å². The van der Waals surface area contributed by atoms with E-state index in [4.69, 9.17) is 0 Å². The van der Waals surface area contributed by atoms with Crippen LogP contribution in [-0.4, -0.2) is 5.11 Å². The number of phenols is 1. The Morgan fingerprint density at radius 3 is 2.00 bits per heavy atom. The van der Waals surface area contributed by atoms with Crippen LogP contribution in [0.25, 0.3) is 11.1 Å². The molecule has 1 heteroatoms. The van der Waals surface area contributed by atoms with Crippen LogP contribution >= 0.6 is 0 Å². The van der Waals surface area contributed by atoms with E-state index < -0.39 is 0 Å². The van der Waals surface area contributed by atoms with Crippen LogP contribution in [0.4, 0.5) is 0 Å². The molecule has 0 radical (unpaired) electrons. The summed E-state index contributed by atoms with van der Waals surface area (Å²) < 4.78 is 0. The standard InChI is InChI=1S/C21H28O/c1-6-8-16-13-17(22)11-12-20(16)21-18(14(2)3)9-7-10-19(21)15(4)5/h7,9-15,22H,6,8H2,1-5H3. The maximum atomic E-state index is 9.87. The second-order valence-electron chi connectivity index (χ2n) is 6.71. The molecule has 2 aromatic rings. The molecule has 0 aliphatic heterocycles. The topological polar surface area (TPSA) is 20.2 Å². The van der Waals surface area contributed by atoms with Gasteiger partial charge >= 0.3 is 0 Å². The summed E-state index contributed by atoms with van der Waals surface area (Å²) in [5.74, 6) is 1.33. The van der Waals surface area contributed by atoms with Crippen molar-refractivity contribution in [3.8, 4) is 16.9 Å². The molecule has 0 aliphatic carbocycles. The van der Waals surface area contributed by atoms with Gasteiger partial charge in [-0.2, -0.15) is 0 Å². The summed E-state index contributed by atoms with van der Waals surface area (Å²) in [5, 5.41) is 9.87. The van der Waals surface area contributed by atoms with Crippen LogP contribution in [0.5, 0.6) is 5.75 Å². The van der Waals surface area contributed by atoms with E-state index in [0.29, 0.717) is 17.6 Å². The van der Waals surface area contributed by atoms with E-state index in [-0.39, 0.29) is 0 Å². The minimum atomic E-state index is 0.361. The monoisotopic (exact) mass is 296 g/mol. The van der Waals surface area contributed by atoms with E-state index in [9.17, 15) is 5.11 Å². The summed E-state index contributed by atoms with van der Waals surface area (Å²) in [6, 6.07) is 12.5. The Hall–Kier alpha value is -1.76.